The Labute approximate surface area is 106 Å². The summed E-state index contributed by atoms with van der Waals surface area (Å²) in [5.41, 5.74) is 0. The van der Waals surface area contributed by atoms with Crippen LogP contribution in [0.2, 0.25) is 0 Å². The molecule has 2 N–H and O–H groups in total. The zero-order valence-electron chi connectivity index (χ0n) is 11.4. The standard InChI is InChI=1S/C12H26N2O2S/c1-5-10-7-6-8-13-11(10)9-14-17(15,16)12(2,3)4/h10-11,13-14H,5-9H2,1-4H3. The topological polar surface area (TPSA) is 58.2 Å². The van der Waals surface area contributed by atoms with E-state index in [0.29, 0.717) is 12.5 Å². The van der Waals surface area contributed by atoms with Gasteiger partial charge in [-0.25, -0.2) is 13.1 Å². The molecule has 0 aliphatic carbocycles. The van der Waals surface area contributed by atoms with Crippen LogP contribution in [-0.4, -0.2) is 32.3 Å². The van der Waals surface area contributed by atoms with Crippen LogP contribution < -0.4 is 10.0 Å². The van der Waals surface area contributed by atoms with Gasteiger partial charge in [-0.1, -0.05) is 13.3 Å². The van der Waals surface area contributed by atoms with Crippen molar-refractivity contribution in [3.8, 4) is 0 Å². The van der Waals surface area contributed by atoms with Crippen LogP contribution in [0.3, 0.4) is 0 Å². The summed E-state index contributed by atoms with van der Waals surface area (Å²) in [6.07, 6.45) is 3.50. The van der Waals surface area contributed by atoms with Crippen LogP contribution >= 0.6 is 0 Å². The summed E-state index contributed by atoms with van der Waals surface area (Å²) < 4.78 is 25.9. The summed E-state index contributed by atoms with van der Waals surface area (Å²) in [6.45, 7) is 8.85. The van der Waals surface area contributed by atoms with E-state index in [1.54, 1.807) is 20.8 Å². The minimum Gasteiger partial charge on any atom is -0.312 e. The molecule has 0 aromatic rings. The van der Waals surface area contributed by atoms with Gasteiger partial charge in [0.25, 0.3) is 0 Å². The molecule has 2 unspecified atom stereocenters. The largest absolute Gasteiger partial charge is 0.312 e. The Hall–Kier alpha value is -0.130. The van der Waals surface area contributed by atoms with Crippen LogP contribution in [0.15, 0.2) is 0 Å². The van der Waals surface area contributed by atoms with E-state index in [2.05, 4.69) is 17.0 Å². The highest BCUT2D eigenvalue weighted by molar-refractivity contribution is 7.90. The van der Waals surface area contributed by atoms with Crippen molar-refractivity contribution in [3.05, 3.63) is 0 Å². The fraction of sp³-hybridized carbons (Fsp3) is 1.00. The highest BCUT2D eigenvalue weighted by atomic mass is 32.2. The minimum atomic E-state index is -3.22. The lowest BCUT2D eigenvalue weighted by Gasteiger charge is -2.33. The average Bonchev–Trinajstić information content (AvgIpc) is 2.25. The lowest BCUT2D eigenvalue weighted by Crippen LogP contribution is -2.51. The smallest absolute Gasteiger partial charge is 0.216 e. The molecule has 0 saturated carbocycles. The first kappa shape index (κ1) is 14.9. The van der Waals surface area contributed by atoms with Gasteiger partial charge in [-0.3, -0.25) is 0 Å². The molecule has 0 bridgehead atoms. The van der Waals surface area contributed by atoms with Crippen LogP contribution in [0.1, 0.15) is 47.0 Å². The average molecular weight is 262 g/mol. The van der Waals surface area contributed by atoms with E-state index in [1.165, 1.54) is 12.8 Å². The summed E-state index contributed by atoms with van der Waals surface area (Å²) in [6, 6.07) is 0.283. The van der Waals surface area contributed by atoms with Crippen molar-refractivity contribution in [1.82, 2.24) is 10.0 Å². The zero-order valence-corrected chi connectivity index (χ0v) is 12.2. The molecule has 0 amide bonds. The van der Waals surface area contributed by atoms with E-state index in [4.69, 9.17) is 0 Å². The predicted octanol–water partition coefficient (Wildman–Crippen LogP) is 1.48. The van der Waals surface area contributed by atoms with Crippen molar-refractivity contribution in [3.63, 3.8) is 0 Å². The van der Waals surface area contributed by atoms with Gasteiger partial charge in [0.1, 0.15) is 0 Å². The fourth-order valence-electron chi connectivity index (χ4n) is 2.16. The van der Waals surface area contributed by atoms with E-state index in [1.807, 2.05) is 0 Å². The Morgan fingerprint density at radius 3 is 2.53 bits per heavy atom. The summed E-state index contributed by atoms with van der Waals surface area (Å²) in [4.78, 5) is 0. The first-order valence-corrected chi connectivity index (χ1v) is 7.99. The molecule has 1 aliphatic rings. The highest BCUT2D eigenvalue weighted by Gasteiger charge is 2.31. The number of nitrogens with one attached hydrogen (secondary N) is 2. The van der Waals surface area contributed by atoms with Crippen LogP contribution in [-0.2, 0) is 10.0 Å². The maximum absolute atomic E-state index is 12.0. The van der Waals surface area contributed by atoms with Gasteiger partial charge in [-0.05, 0) is 46.1 Å². The van der Waals surface area contributed by atoms with Crippen molar-refractivity contribution in [2.24, 2.45) is 5.92 Å². The Morgan fingerprint density at radius 1 is 1.35 bits per heavy atom. The molecule has 1 aliphatic heterocycles. The molecule has 1 saturated heterocycles. The van der Waals surface area contributed by atoms with Crippen molar-refractivity contribution >= 4 is 10.0 Å². The summed E-state index contributed by atoms with van der Waals surface area (Å²) in [5.74, 6) is 0.589. The van der Waals surface area contributed by atoms with E-state index < -0.39 is 14.8 Å². The Kier molecular flexibility index (Phi) is 4.98. The summed E-state index contributed by atoms with van der Waals surface area (Å²) >= 11 is 0. The van der Waals surface area contributed by atoms with Gasteiger partial charge < -0.3 is 5.32 Å². The molecule has 4 nitrogen and oxygen atoms in total. The molecule has 17 heavy (non-hydrogen) atoms. The number of hydrogen-bond donors (Lipinski definition) is 2. The molecule has 0 radical (unpaired) electrons. The Balaban J connectivity index is 2.55. The Bertz CT molecular complexity index is 333. The van der Waals surface area contributed by atoms with Crippen LogP contribution in [0, 0.1) is 5.92 Å². The van der Waals surface area contributed by atoms with Gasteiger partial charge >= 0.3 is 0 Å². The quantitative estimate of drug-likeness (QED) is 0.807. The van der Waals surface area contributed by atoms with Crippen molar-refractivity contribution < 1.29 is 8.42 Å². The normalized spacial score (nSPS) is 27.1. The number of hydrogen-bond acceptors (Lipinski definition) is 3. The molecule has 1 fully saturated rings. The minimum absolute atomic E-state index is 0.283. The highest BCUT2D eigenvalue weighted by Crippen LogP contribution is 2.20. The molecular formula is C12H26N2O2S. The van der Waals surface area contributed by atoms with Gasteiger partial charge in [-0.2, -0.15) is 0 Å². The molecule has 5 heteroatoms. The van der Waals surface area contributed by atoms with Crippen LogP contribution in [0.25, 0.3) is 0 Å². The third-order valence-corrected chi connectivity index (χ3v) is 5.71. The van der Waals surface area contributed by atoms with Gasteiger partial charge in [0.05, 0.1) is 4.75 Å². The maximum Gasteiger partial charge on any atom is 0.216 e. The van der Waals surface area contributed by atoms with Gasteiger partial charge in [-0.15, -0.1) is 0 Å². The molecule has 0 spiro atoms. The molecule has 2 atom stereocenters. The van der Waals surface area contributed by atoms with E-state index >= 15 is 0 Å². The molecule has 1 heterocycles. The fourth-order valence-corrected chi connectivity index (χ4v) is 3.00. The first-order valence-electron chi connectivity index (χ1n) is 6.50. The van der Waals surface area contributed by atoms with Crippen molar-refractivity contribution in [2.45, 2.75) is 57.7 Å². The number of piperidine rings is 1. The molecule has 0 aromatic carbocycles. The summed E-state index contributed by atoms with van der Waals surface area (Å²) in [5, 5.41) is 3.42. The first-order chi connectivity index (χ1) is 7.78. The maximum atomic E-state index is 12.0. The van der Waals surface area contributed by atoms with Crippen LogP contribution in [0.5, 0.6) is 0 Å². The second kappa shape index (κ2) is 5.67. The molecular weight excluding hydrogens is 236 g/mol. The predicted molar refractivity (Wildman–Crippen MR) is 71.5 cm³/mol. The lowest BCUT2D eigenvalue weighted by atomic mass is 9.89. The summed E-state index contributed by atoms with van der Waals surface area (Å²) in [7, 11) is -3.22. The zero-order chi connectivity index (χ0) is 13.1. The van der Waals surface area contributed by atoms with Gasteiger partial charge in [0.15, 0.2) is 0 Å². The third kappa shape index (κ3) is 3.93. The van der Waals surface area contributed by atoms with E-state index in [0.717, 1.165) is 13.0 Å². The monoisotopic (exact) mass is 262 g/mol. The second-order valence-electron chi connectivity index (χ2n) is 5.84. The van der Waals surface area contributed by atoms with Crippen molar-refractivity contribution in [2.75, 3.05) is 13.1 Å². The molecule has 1 rings (SSSR count). The lowest BCUT2D eigenvalue weighted by molar-refractivity contribution is 0.273. The van der Waals surface area contributed by atoms with E-state index in [-0.39, 0.29) is 6.04 Å². The number of rotatable bonds is 4. The third-order valence-electron chi connectivity index (χ3n) is 3.55. The Morgan fingerprint density at radius 2 is 2.00 bits per heavy atom. The second-order valence-corrected chi connectivity index (χ2v) is 8.36. The van der Waals surface area contributed by atoms with E-state index in [9.17, 15) is 8.42 Å². The SMILES string of the molecule is CCC1CCCNC1CNS(=O)(=O)C(C)(C)C. The van der Waals surface area contributed by atoms with Crippen molar-refractivity contribution in [1.29, 1.82) is 0 Å². The van der Waals surface area contributed by atoms with Crippen LogP contribution in [0.4, 0.5) is 0 Å². The van der Waals surface area contributed by atoms with Gasteiger partial charge in [0, 0.05) is 12.6 Å². The number of sulfonamides is 1. The molecule has 102 valence electrons. The molecule has 0 aromatic heterocycles. The van der Waals surface area contributed by atoms with Gasteiger partial charge in [0.2, 0.25) is 10.0 Å².